The average Bonchev–Trinajstić information content (AvgIpc) is 2.96. The lowest BCUT2D eigenvalue weighted by Gasteiger charge is -2.33. The maximum absolute atomic E-state index is 13.9. The number of aromatic nitrogens is 2. The Labute approximate surface area is 234 Å². The van der Waals surface area contributed by atoms with Crippen molar-refractivity contribution in [2.45, 2.75) is 6.54 Å². The molecule has 2 heterocycles. The van der Waals surface area contributed by atoms with Crippen molar-refractivity contribution in [2.75, 3.05) is 78.5 Å². The highest BCUT2D eigenvalue weighted by Gasteiger charge is 2.25. The number of likely N-dealkylation sites (N-methyl/N-ethyl adjacent to an activating group) is 1. The van der Waals surface area contributed by atoms with Crippen molar-refractivity contribution in [3.8, 4) is 23.0 Å². The molecular weight excluding hydrogens is 522 g/mol. The lowest BCUT2D eigenvalue weighted by atomic mass is 10.0. The van der Waals surface area contributed by atoms with Gasteiger partial charge in [0.2, 0.25) is 11.7 Å². The number of rotatable bonds is 10. The molecule has 11 heteroatoms. The first-order chi connectivity index (χ1) is 18.8. The van der Waals surface area contributed by atoms with Gasteiger partial charge in [0, 0.05) is 51.5 Å². The van der Waals surface area contributed by atoms with Crippen molar-refractivity contribution >= 4 is 29.2 Å². The molecule has 0 atom stereocenters. The summed E-state index contributed by atoms with van der Waals surface area (Å²) in [6.45, 7) is 3.87. The number of ketones is 1. The van der Waals surface area contributed by atoms with E-state index in [2.05, 4.69) is 21.8 Å². The van der Waals surface area contributed by atoms with Gasteiger partial charge in [-0.2, -0.15) is 4.98 Å². The minimum absolute atomic E-state index is 0.270. The van der Waals surface area contributed by atoms with Crippen molar-refractivity contribution in [3.63, 3.8) is 0 Å². The van der Waals surface area contributed by atoms with Crippen LogP contribution in [0.3, 0.4) is 0 Å². The molecule has 3 aromatic rings. The molecule has 1 aliphatic heterocycles. The number of carbonyl (C=O) groups excluding carboxylic acids is 1. The molecule has 1 aliphatic rings. The van der Waals surface area contributed by atoms with Gasteiger partial charge in [-0.1, -0.05) is 17.7 Å². The first-order valence-corrected chi connectivity index (χ1v) is 12.9. The first kappa shape index (κ1) is 28.3. The number of benzene rings is 2. The Bertz CT molecular complexity index is 1300. The SMILES string of the molecule is COc1ccc(CN(C)c2nc(N3CCN(C)CC3)ncc2C(=O)c2cc(OC)c(OC)c(OC)c2)cc1Cl. The van der Waals surface area contributed by atoms with E-state index in [1.54, 1.807) is 25.4 Å². The van der Waals surface area contributed by atoms with Crippen LogP contribution in [0.5, 0.6) is 23.0 Å². The van der Waals surface area contributed by atoms with Gasteiger partial charge in [0.25, 0.3) is 0 Å². The number of carbonyl (C=O) groups is 1. The molecule has 1 saturated heterocycles. The molecule has 0 spiro atoms. The summed E-state index contributed by atoms with van der Waals surface area (Å²) in [5.74, 6) is 2.60. The van der Waals surface area contributed by atoms with Crippen LogP contribution in [0.1, 0.15) is 21.5 Å². The summed E-state index contributed by atoms with van der Waals surface area (Å²) < 4.78 is 21.6. The number of nitrogens with zero attached hydrogens (tertiary/aromatic N) is 5. The molecule has 0 aliphatic carbocycles. The first-order valence-electron chi connectivity index (χ1n) is 12.5. The van der Waals surface area contributed by atoms with Gasteiger partial charge in [0.05, 0.1) is 39.0 Å². The quantitative estimate of drug-likeness (QED) is 0.344. The van der Waals surface area contributed by atoms with Gasteiger partial charge in [-0.05, 0) is 36.9 Å². The molecule has 10 nitrogen and oxygen atoms in total. The van der Waals surface area contributed by atoms with Crippen molar-refractivity contribution < 1.29 is 23.7 Å². The normalized spacial score (nSPS) is 13.7. The lowest BCUT2D eigenvalue weighted by Crippen LogP contribution is -2.45. The number of methoxy groups -OCH3 is 4. The van der Waals surface area contributed by atoms with Crippen LogP contribution in [0, 0.1) is 0 Å². The molecule has 2 aromatic carbocycles. The Kier molecular flexibility index (Phi) is 8.98. The molecule has 1 fully saturated rings. The Hall–Kier alpha value is -3.76. The molecule has 0 saturated carbocycles. The van der Waals surface area contributed by atoms with E-state index >= 15 is 0 Å². The number of hydrogen-bond acceptors (Lipinski definition) is 10. The van der Waals surface area contributed by atoms with Crippen LogP contribution >= 0.6 is 11.6 Å². The topological polar surface area (TPSA) is 89.5 Å². The zero-order valence-corrected chi connectivity index (χ0v) is 23.9. The van der Waals surface area contributed by atoms with E-state index in [4.69, 9.17) is 35.5 Å². The third kappa shape index (κ3) is 6.12. The summed E-state index contributed by atoms with van der Waals surface area (Å²) in [6.07, 6.45) is 1.60. The summed E-state index contributed by atoms with van der Waals surface area (Å²) in [6, 6.07) is 8.87. The highest BCUT2D eigenvalue weighted by atomic mass is 35.5. The van der Waals surface area contributed by atoms with Crippen molar-refractivity contribution in [1.29, 1.82) is 0 Å². The zero-order valence-electron chi connectivity index (χ0n) is 23.2. The molecule has 0 unspecified atom stereocenters. The molecule has 0 radical (unpaired) electrons. The van der Waals surface area contributed by atoms with Crippen LogP contribution in [-0.2, 0) is 6.54 Å². The van der Waals surface area contributed by atoms with Gasteiger partial charge in [0.15, 0.2) is 17.3 Å². The van der Waals surface area contributed by atoms with Crippen LogP contribution in [0.25, 0.3) is 0 Å². The fourth-order valence-corrected chi connectivity index (χ4v) is 4.78. The van der Waals surface area contributed by atoms with Gasteiger partial charge >= 0.3 is 0 Å². The van der Waals surface area contributed by atoms with E-state index in [0.717, 1.165) is 31.7 Å². The van der Waals surface area contributed by atoms with Crippen LogP contribution in [0.2, 0.25) is 5.02 Å². The molecule has 39 heavy (non-hydrogen) atoms. The van der Waals surface area contributed by atoms with Crippen molar-refractivity contribution in [2.24, 2.45) is 0 Å². The average molecular weight is 556 g/mol. The second-order valence-corrected chi connectivity index (χ2v) is 9.67. The van der Waals surface area contributed by atoms with E-state index in [1.807, 2.05) is 30.1 Å². The van der Waals surface area contributed by atoms with E-state index in [1.165, 1.54) is 21.3 Å². The molecule has 208 valence electrons. The molecule has 4 rings (SSSR count). The maximum Gasteiger partial charge on any atom is 0.227 e. The van der Waals surface area contributed by atoms with E-state index in [-0.39, 0.29) is 5.78 Å². The predicted molar refractivity (Wildman–Crippen MR) is 151 cm³/mol. The Morgan fingerprint density at radius 1 is 0.949 bits per heavy atom. The number of anilines is 2. The van der Waals surface area contributed by atoms with Gasteiger partial charge in [0.1, 0.15) is 11.6 Å². The van der Waals surface area contributed by atoms with Gasteiger partial charge < -0.3 is 33.6 Å². The van der Waals surface area contributed by atoms with Crippen molar-refractivity contribution in [3.05, 3.63) is 58.2 Å². The van der Waals surface area contributed by atoms with Crippen molar-refractivity contribution in [1.82, 2.24) is 14.9 Å². The Balaban J connectivity index is 1.75. The number of ether oxygens (including phenoxy) is 4. The van der Waals surface area contributed by atoms with Gasteiger partial charge in [-0.15, -0.1) is 0 Å². The predicted octanol–water partition coefficient (Wildman–Crippen LogP) is 3.78. The molecule has 0 N–H and O–H groups in total. The largest absolute Gasteiger partial charge is 0.495 e. The third-order valence-corrected chi connectivity index (χ3v) is 7.01. The van der Waals surface area contributed by atoms with Gasteiger partial charge in [-0.25, -0.2) is 4.98 Å². The molecule has 1 aromatic heterocycles. The number of hydrogen-bond donors (Lipinski definition) is 0. The Morgan fingerprint density at radius 2 is 1.59 bits per heavy atom. The second-order valence-electron chi connectivity index (χ2n) is 9.27. The minimum atomic E-state index is -0.270. The van der Waals surface area contributed by atoms with E-state index < -0.39 is 0 Å². The summed E-state index contributed by atoms with van der Waals surface area (Å²) in [5.41, 5.74) is 1.65. The maximum atomic E-state index is 13.9. The standard InChI is InChI=1S/C28H34ClN5O5/c1-32-9-11-34(12-10-32)28-30-16-20(25(35)19-14-23(37-4)26(39-6)24(15-19)38-5)27(31-28)33(2)17-18-7-8-22(36-3)21(29)13-18/h7-8,13-16H,9-12,17H2,1-6H3. The molecular formula is C28H34ClN5O5. The molecule has 0 amide bonds. The highest BCUT2D eigenvalue weighted by molar-refractivity contribution is 6.32. The zero-order chi connectivity index (χ0) is 28.1. The van der Waals surface area contributed by atoms with E-state index in [0.29, 0.717) is 57.5 Å². The Morgan fingerprint density at radius 3 is 2.15 bits per heavy atom. The summed E-state index contributed by atoms with van der Waals surface area (Å²) in [4.78, 5) is 29.7. The van der Waals surface area contributed by atoms with Crippen LogP contribution in [-0.4, -0.2) is 89.4 Å². The second kappa shape index (κ2) is 12.4. The fraction of sp³-hybridized carbons (Fsp3) is 0.393. The molecule has 0 bridgehead atoms. The summed E-state index contributed by atoms with van der Waals surface area (Å²) in [5, 5.41) is 0.512. The third-order valence-electron chi connectivity index (χ3n) is 6.71. The van der Waals surface area contributed by atoms with E-state index in [9.17, 15) is 4.79 Å². The van der Waals surface area contributed by atoms with Gasteiger partial charge in [-0.3, -0.25) is 4.79 Å². The van der Waals surface area contributed by atoms with Crippen LogP contribution in [0.15, 0.2) is 36.5 Å². The van der Waals surface area contributed by atoms with Crippen LogP contribution in [0.4, 0.5) is 11.8 Å². The van der Waals surface area contributed by atoms with Crippen LogP contribution < -0.4 is 28.7 Å². The number of halogens is 1. The summed E-state index contributed by atoms with van der Waals surface area (Å²) >= 11 is 6.37. The monoisotopic (exact) mass is 555 g/mol. The number of piperazine rings is 1. The fourth-order valence-electron chi connectivity index (χ4n) is 4.50. The summed E-state index contributed by atoms with van der Waals surface area (Å²) in [7, 11) is 10.1. The smallest absolute Gasteiger partial charge is 0.227 e. The minimum Gasteiger partial charge on any atom is -0.495 e. The highest BCUT2D eigenvalue weighted by Crippen LogP contribution is 2.39. The lowest BCUT2D eigenvalue weighted by molar-refractivity contribution is 0.103.